The van der Waals surface area contributed by atoms with E-state index in [2.05, 4.69) is 5.32 Å². The minimum Gasteiger partial charge on any atom is -0.349 e. The van der Waals surface area contributed by atoms with Crippen molar-refractivity contribution >= 4 is 28.2 Å². The number of sulfone groups is 1. The van der Waals surface area contributed by atoms with Gasteiger partial charge in [-0.1, -0.05) is 19.9 Å². The maximum absolute atomic E-state index is 11.4. The fraction of sp³-hybridized carbons (Fsp3) is 0.727. The third kappa shape index (κ3) is 10.6. The van der Waals surface area contributed by atoms with Crippen LogP contribution in [-0.2, 0) is 14.6 Å². The Morgan fingerprint density at radius 3 is 2.17 bits per heavy atom. The standard InChI is InChI=1S/C11H22N2O3S.ClH/c1-8(2)7-10(5-6-17(4,15)16)13-11(14)9(3)12;/h5-6,8-10H,7,12H2,1-4H3,(H,13,14);1H/b6-5+;/t9-,10+;/m0./s1. The Morgan fingerprint density at radius 1 is 1.33 bits per heavy atom. The molecule has 0 radical (unpaired) electrons. The summed E-state index contributed by atoms with van der Waals surface area (Å²) in [7, 11) is -3.17. The Labute approximate surface area is 116 Å². The zero-order valence-corrected chi connectivity index (χ0v) is 12.8. The molecule has 18 heavy (non-hydrogen) atoms. The van der Waals surface area contributed by atoms with Gasteiger partial charge in [0.2, 0.25) is 5.91 Å². The second-order valence-electron chi connectivity index (χ2n) is 4.69. The molecule has 0 bridgehead atoms. The van der Waals surface area contributed by atoms with Crippen LogP contribution in [0.5, 0.6) is 0 Å². The van der Waals surface area contributed by atoms with E-state index in [1.165, 1.54) is 6.08 Å². The molecule has 108 valence electrons. The van der Waals surface area contributed by atoms with Crippen molar-refractivity contribution in [1.82, 2.24) is 5.32 Å². The molecular formula is C11H23ClN2O3S. The molecule has 0 unspecified atom stereocenters. The Kier molecular flexibility index (Phi) is 9.32. The number of rotatable bonds is 6. The molecule has 0 saturated heterocycles. The van der Waals surface area contributed by atoms with Crippen LogP contribution in [0.1, 0.15) is 27.2 Å². The van der Waals surface area contributed by atoms with Crippen LogP contribution in [0, 0.1) is 5.92 Å². The van der Waals surface area contributed by atoms with Crippen LogP contribution < -0.4 is 11.1 Å². The first-order chi connectivity index (χ1) is 7.61. The van der Waals surface area contributed by atoms with Gasteiger partial charge in [0.05, 0.1) is 6.04 Å². The third-order valence-electron chi connectivity index (χ3n) is 2.02. The molecule has 0 aromatic carbocycles. The highest BCUT2D eigenvalue weighted by Gasteiger charge is 2.14. The number of carbonyl (C=O) groups excluding carboxylic acids is 1. The van der Waals surface area contributed by atoms with Crippen molar-refractivity contribution in [3.63, 3.8) is 0 Å². The SMILES string of the molecule is CC(C)C[C@@H](/C=C/S(C)(=O)=O)NC(=O)[C@H](C)N.Cl. The second-order valence-corrected chi connectivity index (χ2v) is 6.62. The first-order valence-corrected chi connectivity index (χ1v) is 7.51. The lowest BCUT2D eigenvalue weighted by molar-refractivity contribution is -0.122. The van der Waals surface area contributed by atoms with E-state index in [0.717, 1.165) is 11.7 Å². The minimum atomic E-state index is -3.17. The highest BCUT2D eigenvalue weighted by Crippen LogP contribution is 2.07. The van der Waals surface area contributed by atoms with Crippen LogP contribution in [0.4, 0.5) is 0 Å². The first kappa shape index (κ1) is 19.7. The molecule has 0 aromatic heterocycles. The lowest BCUT2D eigenvalue weighted by atomic mass is 10.0. The maximum Gasteiger partial charge on any atom is 0.237 e. The van der Waals surface area contributed by atoms with Crippen molar-refractivity contribution in [3.05, 3.63) is 11.5 Å². The molecule has 3 N–H and O–H groups in total. The number of hydrogen-bond donors (Lipinski definition) is 2. The summed E-state index contributed by atoms with van der Waals surface area (Å²) in [6, 6.07) is -0.903. The van der Waals surface area contributed by atoms with Gasteiger partial charge in [-0.3, -0.25) is 4.79 Å². The van der Waals surface area contributed by atoms with Crippen LogP contribution in [0.3, 0.4) is 0 Å². The molecule has 0 aliphatic heterocycles. The number of carbonyl (C=O) groups is 1. The summed E-state index contributed by atoms with van der Waals surface area (Å²) in [5, 5.41) is 3.82. The fourth-order valence-electron chi connectivity index (χ4n) is 1.25. The molecule has 0 aliphatic rings. The average Bonchev–Trinajstić information content (AvgIpc) is 2.11. The molecule has 0 fully saturated rings. The molecular weight excluding hydrogens is 276 g/mol. The zero-order chi connectivity index (χ0) is 13.6. The molecule has 1 amide bonds. The van der Waals surface area contributed by atoms with Crippen LogP contribution in [0.15, 0.2) is 11.5 Å². The first-order valence-electron chi connectivity index (χ1n) is 5.56. The number of amides is 1. The summed E-state index contributed by atoms with van der Waals surface area (Å²) in [5.74, 6) is 0.0615. The van der Waals surface area contributed by atoms with Gasteiger partial charge in [-0.2, -0.15) is 0 Å². The van der Waals surface area contributed by atoms with Crippen LogP contribution in [-0.4, -0.2) is 32.7 Å². The quantitative estimate of drug-likeness (QED) is 0.760. The predicted octanol–water partition coefficient (Wildman–Crippen LogP) is 0.845. The molecule has 0 aromatic rings. The largest absolute Gasteiger partial charge is 0.349 e. The number of nitrogens with two attached hydrogens (primary N) is 1. The lowest BCUT2D eigenvalue weighted by Gasteiger charge is -2.18. The van der Waals surface area contributed by atoms with Crippen molar-refractivity contribution in [2.75, 3.05) is 6.26 Å². The number of hydrogen-bond acceptors (Lipinski definition) is 4. The van der Waals surface area contributed by atoms with E-state index < -0.39 is 15.9 Å². The fourth-order valence-corrected chi connectivity index (χ4v) is 1.72. The van der Waals surface area contributed by atoms with Crippen molar-refractivity contribution in [1.29, 1.82) is 0 Å². The Bertz CT molecular complexity index is 378. The zero-order valence-electron chi connectivity index (χ0n) is 11.2. The Balaban J connectivity index is 0. The van der Waals surface area contributed by atoms with Gasteiger partial charge < -0.3 is 11.1 Å². The Morgan fingerprint density at radius 2 is 1.83 bits per heavy atom. The van der Waals surface area contributed by atoms with Gasteiger partial charge in [0, 0.05) is 17.7 Å². The number of nitrogens with one attached hydrogen (secondary N) is 1. The van der Waals surface area contributed by atoms with Gasteiger partial charge in [-0.15, -0.1) is 12.4 Å². The van der Waals surface area contributed by atoms with Gasteiger partial charge in [0.15, 0.2) is 9.84 Å². The monoisotopic (exact) mass is 298 g/mol. The summed E-state index contributed by atoms with van der Waals surface area (Å²) >= 11 is 0. The van der Waals surface area contributed by atoms with E-state index in [1.807, 2.05) is 13.8 Å². The average molecular weight is 299 g/mol. The van der Waals surface area contributed by atoms with Crippen LogP contribution in [0.25, 0.3) is 0 Å². The summed E-state index contributed by atoms with van der Waals surface area (Å²) in [6.07, 6.45) is 3.28. The van der Waals surface area contributed by atoms with E-state index >= 15 is 0 Å². The summed E-state index contributed by atoms with van der Waals surface area (Å²) < 4.78 is 22.0. The molecule has 0 spiro atoms. The highest BCUT2D eigenvalue weighted by atomic mass is 35.5. The highest BCUT2D eigenvalue weighted by molar-refractivity contribution is 7.93. The second kappa shape index (κ2) is 8.50. The van der Waals surface area contributed by atoms with E-state index in [9.17, 15) is 13.2 Å². The van der Waals surface area contributed by atoms with E-state index in [0.29, 0.717) is 12.3 Å². The van der Waals surface area contributed by atoms with Crippen molar-refractivity contribution in [3.8, 4) is 0 Å². The minimum absolute atomic E-state index is 0. The predicted molar refractivity (Wildman–Crippen MR) is 76.3 cm³/mol. The van der Waals surface area contributed by atoms with Crippen molar-refractivity contribution in [2.45, 2.75) is 39.3 Å². The van der Waals surface area contributed by atoms with Gasteiger partial charge in [0.1, 0.15) is 0 Å². The van der Waals surface area contributed by atoms with Gasteiger partial charge in [-0.05, 0) is 19.3 Å². The van der Waals surface area contributed by atoms with E-state index in [1.54, 1.807) is 6.92 Å². The molecule has 2 atom stereocenters. The van der Waals surface area contributed by atoms with Crippen molar-refractivity contribution < 1.29 is 13.2 Å². The van der Waals surface area contributed by atoms with Gasteiger partial charge in [0.25, 0.3) is 0 Å². The summed E-state index contributed by atoms with van der Waals surface area (Å²) in [5.41, 5.74) is 5.44. The normalized spacial score (nSPS) is 15.2. The van der Waals surface area contributed by atoms with Gasteiger partial charge >= 0.3 is 0 Å². The molecule has 5 nitrogen and oxygen atoms in total. The topological polar surface area (TPSA) is 89.3 Å². The summed E-state index contributed by atoms with van der Waals surface area (Å²) in [4.78, 5) is 11.4. The molecule has 0 saturated carbocycles. The molecule has 0 heterocycles. The number of halogens is 1. The van der Waals surface area contributed by atoms with Gasteiger partial charge in [-0.25, -0.2) is 8.42 Å². The lowest BCUT2D eigenvalue weighted by Crippen LogP contribution is -2.43. The summed E-state index contributed by atoms with van der Waals surface area (Å²) in [6.45, 7) is 5.58. The van der Waals surface area contributed by atoms with Crippen molar-refractivity contribution in [2.24, 2.45) is 11.7 Å². The molecule has 0 aliphatic carbocycles. The Hall–Kier alpha value is -0.590. The van der Waals surface area contributed by atoms with E-state index in [-0.39, 0.29) is 24.4 Å². The van der Waals surface area contributed by atoms with Crippen LogP contribution in [0.2, 0.25) is 0 Å². The maximum atomic E-state index is 11.4. The third-order valence-corrected chi connectivity index (χ3v) is 2.68. The molecule has 0 rings (SSSR count). The van der Waals surface area contributed by atoms with Crippen LogP contribution >= 0.6 is 12.4 Å². The molecule has 7 heteroatoms. The van der Waals surface area contributed by atoms with E-state index in [4.69, 9.17) is 5.73 Å². The smallest absolute Gasteiger partial charge is 0.237 e.